The third-order valence-corrected chi connectivity index (χ3v) is 6.08. The predicted octanol–water partition coefficient (Wildman–Crippen LogP) is 1.88. The van der Waals surface area contributed by atoms with Gasteiger partial charge in [-0.2, -0.15) is 0 Å². The molecule has 4 nitrogen and oxygen atoms in total. The van der Waals surface area contributed by atoms with E-state index in [2.05, 4.69) is 43.3 Å². The Hall–Kier alpha value is -1.95. The van der Waals surface area contributed by atoms with Crippen LogP contribution in [0.25, 0.3) is 0 Å². The van der Waals surface area contributed by atoms with E-state index in [4.69, 9.17) is 4.42 Å². The number of rotatable bonds is 7. The van der Waals surface area contributed by atoms with Crippen molar-refractivity contribution >= 4 is 0 Å². The third-order valence-electron chi connectivity index (χ3n) is 6.08. The van der Waals surface area contributed by atoms with Gasteiger partial charge >= 0.3 is 0 Å². The van der Waals surface area contributed by atoms with Crippen LogP contribution in [0.2, 0.25) is 0 Å². The van der Waals surface area contributed by atoms with Crippen molar-refractivity contribution in [3.8, 4) is 0 Å². The summed E-state index contributed by atoms with van der Waals surface area (Å²) in [4.78, 5) is 4.57. The molecule has 30 heavy (non-hydrogen) atoms. The quantitative estimate of drug-likeness (QED) is 0.536. The van der Waals surface area contributed by atoms with Gasteiger partial charge in [0.05, 0.1) is 20.3 Å². The Labute approximate surface area is 189 Å². The average Bonchev–Trinajstić information content (AvgIpc) is 3.41. The molecule has 1 N–H and O–H groups in total. The first-order valence-corrected chi connectivity index (χ1v) is 10.6. The Bertz CT molecular complexity index is 921. The summed E-state index contributed by atoms with van der Waals surface area (Å²) in [5, 5.41) is 11.8. The molecule has 160 valence electrons. The molecule has 0 aliphatic heterocycles. The molecule has 0 bridgehead atoms. The summed E-state index contributed by atoms with van der Waals surface area (Å²) in [5.74, 6) is 1.39. The Balaban J connectivity index is 0.00000256. The maximum atomic E-state index is 11.8. The lowest BCUT2D eigenvalue weighted by Gasteiger charge is -2.32. The summed E-state index contributed by atoms with van der Waals surface area (Å²) in [6.45, 7) is 1.62. The highest BCUT2D eigenvalue weighted by Crippen LogP contribution is 2.44. The molecular formula is C25H31BrN2O2. The highest BCUT2D eigenvalue weighted by molar-refractivity contribution is 5.30. The van der Waals surface area contributed by atoms with Crippen LogP contribution in [-0.2, 0) is 18.7 Å². The number of benzene rings is 2. The van der Waals surface area contributed by atoms with E-state index in [0.717, 1.165) is 54.6 Å². The van der Waals surface area contributed by atoms with E-state index in [9.17, 15) is 5.11 Å². The molecule has 1 fully saturated rings. The van der Waals surface area contributed by atoms with E-state index in [0.29, 0.717) is 5.89 Å². The molecule has 0 saturated heterocycles. The zero-order valence-corrected chi connectivity index (χ0v) is 19.4. The van der Waals surface area contributed by atoms with Crippen molar-refractivity contribution in [2.75, 3.05) is 14.1 Å². The van der Waals surface area contributed by atoms with Crippen molar-refractivity contribution in [1.82, 2.24) is 4.98 Å². The van der Waals surface area contributed by atoms with Crippen molar-refractivity contribution in [2.24, 2.45) is 5.92 Å². The van der Waals surface area contributed by atoms with Gasteiger partial charge in [-0.05, 0) is 18.4 Å². The number of oxazole rings is 1. The van der Waals surface area contributed by atoms with Gasteiger partial charge in [-0.15, -0.1) is 0 Å². The largest absolute Gasteiger partial charge is 1.00 e. The zero-order valence-electron chi connectivity index (χ0n) is 17.8. The van der Waals surface area contributed by atoms with E-state index in [1.54, 1.807) is 6.20 Å². The summed E-state index contributed by atoms with van der Waals surface area (Å²) < 4.78 is 6.97. The Morgan fingerprint density at radius 2 is 1.57 bits per heavy atom. The number of hydrogen-bond donors (Lipinski definition) is 1. The molecule has 2 aromatic carbocycles. The molecule has 1 saturated carbocycles. The zero-order chi connectivity index (χ0) is 20.3. The van der Waals surface area contributed by atoms with Crippen molar-refractivity contribution in [2.45, 2.75) is 44.4 Å². The Kier molecular flexibility index (Phi) is 7.17. The lowest BCUT2D eigenvalue weighted by molar-refractivity contribution is -0.917. The first-order valence-electron chi connectivity index (χ1n) is 10.6. The molecule has 0 amide bonds. The predicted molar refractivity (Wildman–Crippen MR) is 114 cm³/mol. The summed E-state index contributed by atoms with van der Waals surface area (Å²) in [6.07, 6.45) is 6.09. The van der Waals surface area contributed by atoms with Gasteiger partial charge in [-0.25, -0.2) is 4.98 Å². The van der Waals surface area contributed by atoms with Gasteiger partial charge in [-0.3, -0.25) is 0 Å². The molecule has 1 heterocycles. The third kappa shape index (κ3) is 4.85. The standard InChI is InChI=1S/C25H31N2O2.BrH/c1-27(2,18-20-11-5-3-6-12-20)19-23-17-26-24(29-23)25(28,22-15-9-10-16-22)21-13-7-4-8-14-21;/h3-8,11-14,17,22,28H,9-10,15-16,18-19H2,1-2H3;1H/q+1;/p-1/t25-;/m0./s1. The second-order valence-electron chi connectivity index (χ2n) is 8.98. The minimum Gasteiger partial charge on any atom is -1.00 e. The molecule has 3 aromatic rings. The molecule has 5 heteroatoms. The lowest BCUT2D eigenvalue weighted by Crippen LogP contribution is -3.00. The van der Waals surface area contributed by atoms with Gasteiger partial charge in [0.15, 0.2) is 11.4 Å². The van der Waals surface area contributed by atoms with E-state index in [1.807, 2.05) is 36.4 Å². The second-order valence-corrected chi connectivity index (χ2v) is 8.98. The highest BCUT2D eigenvalue weighted by Gasteiger charge is 2.45. The van der Waals surface area contributed by atoms with Gasteiger partial charge in [-0.1, -0.05) is 73.5 Å². The van der Waals surface area contributed by atoms with E-state index < -0.39 is 5.60 Å². The van der Waals surface area contributed by atoms with Crippen LogP contribution in [0.1, 0.15) is 48.5 Å². The maximum absolute atomic E-state index is 11.8. The first-order chi connectivity index (χ1) is 14.0. The van der Waals surface area contributed by atoms with E-state index >= 15 is 0 Å². The topological polar surface area (TPSA) is 46.3 Å². The van der Waals surface area contributed by atoms with Crippen LogP contribution < -0.4 is 17.0 Å². The summed E-state index contributed by atoms with van der Waals surface area (Å²) in [5.41, 5.74) is 1.01. The van der Waals surface area contributed by atoms with Gasteiger partial charge in [0, 0.05) is 11.5 Å². The summed E-state index contributed by atoms with van der Waals surface area (Å²) in [7, 11) is 4.38. The number of nitrogens with zero attached hydrogens (tertiary/aromatic N) is 2. The summed E-state index contributed by atoms with van der Waals surface area (Å²) >= 11 is 0. The molecule has 1 aliphatic carbocycles. The fourth-order valence-electron chi connectivity index (χ4n) is 4.68. The van der Waals surface area contributed by atoms with Gasteiger partial charge < -0.3 is 31.0 Å². The van der Waals surface area contributed by atoms with Crippen molar-refractivity contribution in [3.63, 3.8) is 0 Å². The SMILES string of the molecule is C[N+](C)(Cc1ccccc1)Cc1cnc([C@](O)(c2ccccc2)C2CCCC2)o1.[Br-]. The van der Waals surface area contributed by atoms with Crippen LogP contribution in [0.15, 0.2) is 71.3 Å². The molecule has 0 unspecified atom stereocenters. The normalized spacial score (nSPS) is 16.8. The van der Waals surface area contributed by atoms with E-state index in [1.165, 1.54) is 5.56 Å². The minimum absolute atomic E-state index is 0. The van der Waals surface area contributed by atoms with Crippen LogP contribution in [0.4, 0.5) is 0 Å². The van der Waals surface area contributed by atoms with Gasteiger partial charge in [0.2, 0.25) is 5.89 Å². The van der Waals surface area contributed by atoms with Crippen molar-refractivity contribution < 1.29 is 31.0 Å². The lowest BCUT2D eigenvalue weighted by atomic mass is 9.80. The van der Waals surface area contributed by atoms with Crippen LogP contribution in [0.5, 0.6) is 0 Å². The monoisotopic (exact) mass is 470 g/mol. The molecular weight excluding hydrogens is 440 g/mol. The smallest absolute Gasteiger partial charge is 0.231 e. The molecule has 1 aliphatic rings. The molecule has 1 aromatic heterocycles. The molecule has 1 atom stereocenters. The fourth-order valence-corrected chi connectivity index (χ4v) is 4.68. The number of aliphatic hydroxyl groups is 1. The number of halogens is 1. The van der Waals surface area contributed by atoms with Crippen LogP contribution in [0, 0.1) is 5.92 Å². The Morgan fingerprint density at radius 1 is 0.967 bits per heavy atom. The number of hydrogen-bond acceptors (Lipinski definition) is 3. The molecule has 4 rings (SSSR count). The van der Waals surface area contributed by atoms with Gasteiger partial charge in [0.1, 0.15) is 13.1 Å². The fraction of sp³-hybridized carbons (Fsp3) is 0.400. The average molecular weight is 471 g/mol. The van der Waals surface area contributed by atoms with Crippen molar-refractivity contribution in [1.29, 1.82) is 0 Å². The van der Waals surface area contributed by atoms with Crippen molar-refractivity contribution in [3.05, 3.63) is 89.6 Å². The first kappa shape index (κ1) is 22.7. The molecule has 0 radical (unpaired) electrons. The minimum atomic E-state index is -1.16. The highest BCUT2D eigenvalue weighted by atomic mass is 79.9. The van der Waals surface area contributed by atoms with Crippen LogP contribution >= 0.6 is 0 Å². The summed E-state index contributed by atoms with van der Waals surface area (Å²) in [6, 6.07) is 20.4. The van der Waals surface area contributed by atoms with Crippen LogP contribution in [0.3, 0.4) is 0 Å². The molecule has 0 spiro atoms. The number of quaternary nitrogens is 1. The van der Waals surface area contributed by atoms with Crippen LogP contribution in [-0.4, -0.2) is 28.7 Å². The maximum Gasteiger partial charge on any atom is 0.231 e. The second kappa shape index (κ2) is 9.46. The van der Waals surface area contributed by atoms with Gasteiger partial charge in [0.25, 0.3) is 0 Å². The number of aromatic nitrogens is 1. The van der Waals surface area contributed by atoms with E-state index in [-0.39, 0.29) is 22.9 Å². The Morgan fingerprint density at radius 3 is 2.20 bits per heavy atom.